The van der Waals surface area contributed by atoms with E-state index >= 15 is 0 Å². The van der Waals surface area contributed by atoms with E-state index in [1.165, 1.54) is 0 Å². The maximum absolute atomic E-state index is 11.8. The summed E-state index contributed by atoms with van der Waals surface area (Å²) in [4.78, 5) is 13.7. The molecule has 5 nitrogen and oxygen atoms in total. The molecule has 1 amide bonds. The second kappa shape index (κ2) is 8.55. The van der Waals surface area contributed by atoms with Crippen LogP contribution in [-0.2, 0) is 4.79 Å². The van der Waals surface area contributed by atoms with E-state index in [1.54, 1.807) is 7.11 Å². The largest absolute Gasteiger partial charge is 0.497 e. The molecule has 0 spiro atoms. The number of methoxy groups -OCH3 is 1. The molecule has 0 saturated heterocycles. The first-order chi connectivity index (χ1) is 9.62. The van der Waals surface area contributed by atoms with Gasteiger partial charge < -0.3 is 15.8 Å². The Morgan fingerprint density at radius 2 is 2.25 bits per heavy atom. The van der Waals surface area contributed by atoms with Crippen molar-refractivity contribution < 1.29 is 9.53 Å². The number of hydrogen-bond donors (Lipinski definition) is 2. The number of carbonyl (C=O) groups is 1. The van der Waals surface area contributed by atoms with Crippen LogP contribution in [0.15, 0.2) is 24.3 Å². The van der Waals surface area contributed by atoms with E-state index in [4.69, 9.17) is 10.5 Å². The molecule has 1 unspecified atom stereocenters. The fourth-order valence-corrected chi connectivity index (χ4v) is 2.08. The number of ether oxygens (including phenoxy) is 1. The van der Waals surface area contributed by atoms with Crippen molar-refractivity contribution in [1.29, 1.82) is 0 Å². The van der Waals surface area contributed by atoms with Gasteiger partial charge in [0.1, 0.15) is 5.75 Å². The van der Waals surface area contributed by atoms with E-state index in [2.05, 4.69) is 5.32 Å². The molecule has 0 heterocycles. The van der Waals surface area contributed by atoms with Crippen molar-refractivity contribution in [3.8, 4) is 5.75 Å². The fraction of sp³-hybridized carbons (Fsp3) is 0.533. The molecule has 1 rings (SSSR count). The predicted octanol–water partition coefficient (Wildman–Crippen LogP) is 1.15. The summed E-state index contributed by atoms with van der Waals surface area (Å²) in [5, 5.41) is 2.87. The molecule has 0 bridgehead atoms. The van der Waals surface area contributed by atoms with Gasteiger partial charge >= 0.3 is 0 Å². The number of nitrogens with zero attached hydrogens (tertiary/aromatic N) is 1. The Labute approximate surface area is 121 Å². The van der Waals surface area contributed by atoms with Gasteiger partial charge in [0.05, 0.1) is 13.7 Å². The number of rotatable bonds is 8. The summed E-state index contributed by atoms with van der Waals surface area (Å²) in [5.74, 6) is 0.820. The monoisotopic (exact) mass is 279 g/mol. The summed E-state index contributed by atoms with van der Waals surface area (Å²) in [6.45, 7) is 3.52. The third-order valence-corrected chi connectivity index (χ3v) is 3.20. The van der Waals surface area contributed by atoms with Crippen LogP contribution in [0.3, 0.4) is 0 Å². The molecule has 0 aliphatic carbocycles. The van der Waals surface area contributed by atoms with Gasteiger partial charge in [0.2, 0.25) is 5.91 Å². The van der Waals surface area contributed by atoms with Crippen LogP contribution in [0.5, 0.6) is 5.75 Å². The first kappa shape index (κ1) is 16.5. The Morgan fingerprint density at radius 3 is 2.85 bits per heavy atom. The van der Waals surface area contributed by atoms with Crippen LogP contribution >= 0.6 is 0 Å². The lowest BCUT2D eigenvalue weighted by Crippen LogP contribution is -2.39. The number of benzene rings is 1. The van der Waals surface area contributed by atoms with Crippen LogP contribution in [0.1, 0.15) is 24.9 Å². The van der Waals surface area contributed by atoms with Crippen molar-refractivity contribution in [3.63, 3.8) is 0 Å². The lowest BCUT2D eigenvalue weighted by Gasteiger charge is -2.27. The van der Waals surface area contributed by atoms with Crippen molar-refractivity contribution in [1.82, 2.24) is 10.2 Å². The Balaban J connectivity index is 2.71. The topological polar surface area (TPSA) is 67.6 Å². The Bertz CT molecular complexity index is 423. The first-order valence-electron chi connectivity index (χ1n) is 6.93. The molecule has 0 radical (unpaired) electrons. The quantitative estimate of drug-likeness (QED) is 0.749. The normalized spacial score (nSPS) is 12.2. The van der Waals surface area contributed by atoms with Gasteiger partial charge in [-0.2, -0.15) is 0 Å². The number of hydrogen-bond acceptors (Lipinski definition) is 4. The van der Waals surface area contributed by atoms with Crippen LogP contribution in [-0.4, -0.2) is 44.6 Å². The second-order valence-electron chi connectivity index (χ2n) is 4.79. The molecule has 0 aromatic heterocycles. The van der Waals surface area contributed by atoms with Crippen molar-refractivity contribution in [2.24, 2.45) is 5.73 Å². The van der Waals surface area contributed by atoms with Crippen molar-refractivity contribution >= 4 is 5.91 Å². The van der Waals surface area contributed by atoms with Gasteiger partial charge in [0.15, 0.2) is 0 Å². The van der Waals surface area contributed by atoms with Crippen LogP contribution in [0.2, 0.25) is 0 Å². The van der Waals surface area contributed by atoms with Crippen LogP contribution in [0.25, 0.3) is 0 Å². The van der Waals surface area contributed by atoms with E-state index in [0.29, 0.717) is 19.6 Å². The average molecular weight is 279 g/mol. The number of nitrogens with one attached hydrogen (secondary N) is 1. The second-order valence-corrected chi connectivity index (χ2v) is 4.79. The minimum Gasteiger partial charge on any atom is -0.497 e. The minimum absolute atomic E-state index is 0.00234. The molecule has 0 fully saturated rings. The molecule has 3 N–H and O–H groups in total. The minimum atomic E-state index is -0.00234. The summed E-state index contributed by atoms with van der Waals surface area (Å²) >= 11 is 0. The third-order valence-electron chi connectivity index (χ3n) is 3.20. The molecular formula is C15H25N3O2. The molecule has 1 aromatic carbocycles. The molecule has 5 heteroatoms. The maximum atomic E-state index is 11.8. The highest BCUT2D eigenvalue weighted by Gasteiger charge is 2.18. The predicted molar refractivity (Wildman–Crippen MR) is 80.7 cm³/mol. The Kier molecular flexibility index (Phi) is 7.04. The summed E-state index contributed by atoms with van der Waals surface area (Å²) in [6, 6.07) is 7.78. The zero-order valence-corrected chi connectivity index (χ0v) is 12.6. The third kappa shape index (κ3) is 4.83. The molecule has 1 aromatic rings. The zero-order chi connectivity index (χ0) is 15.0. The molecule has 0 saturated carbocycles. The zero-order valence-electron chi connectivity index (χ0n) is 12.6. The van der Waals surface area contributed by atoms with Crippen molar-refractivity contribution in [2.45, 2.75) is 19.4 Å². The van der Waals surface area contributed by atoms with E-state index in [-0.39, 0.29) is 11.9 Å². The number of amides is 1. The molecule has 0 aliphatic rings. The van der Waals surface area contributed by atoms with E-state index in [9.17, 15) is 4.79 Å². The number of likely N-dealkylation sites (N-methyl/N-ethyl adjacent to an activating group) is 1. The molecular weight excluding hydrogens is 254 g/mol. The van der Waals surface area contributed by atoms with Crippen molar-refractivity contribution in [3.05, 3.63) is 29.8 Å². The highest BCUT2D eigenvalue weighted by Crippen LogP contribution is 2.22. The van der Waals surface area contributed by atoms with E-state index in [1.807, 2.05) is 43.1 Å². The Morgan fingerprint density at radius 1 is 1.50 bits per heavy atom. The molecule has 20 heavy (non-hydrogen) atoms. The Hall–Kier alpha value is -1.59. The molecule has 112 valence electrons. The highest BCUT2D eigenvalue weighted by molar-refractivity contribution is 5.78. The SMILES string of the molecule is CCCNC(=O)CN(C)C(CN)c1cccc(OC)c1. The average Bonchev–Trinajstić information content (AvgIpc) is 2.46. The summed E-state index contributed by atoms with van der Waals surface area (Å²) in [6.07, 6.45) is 0.936. The first-order valence-corrected chi connectivity index (χ1v) is 6.93. The van der Waals surface area contributed by atoms with Crippen molar-refractivity contribution in [2.75, 3.05) is 33.8 Å². The van der Waals surface area contributed by atoms with Gasteiger partial charge in [-0.05, 0) is 31.2 Å². The van der Waals surface area contributed by atoms with Crippen LogP contribution < -0.4 is 15.8 Å². The summed E-state index contributed by atoms with van der Waals surface area (Å²) < 4.78 is 5.22. The highest BCUT2D eigenvalue weighted by atomic mass is 16.5. The van der Waals surface area contributed by atoms with Crippen LogP contribution in [0, 0.1) is 0 Å². The van der Waals surface area contributed by atoms with E-state index < -0.39 is 0 Å². The standard InChI is InChI=1S/C15H25N3O2/c1-4-8-17-15(19)11-18(2)14(10-16)12-6-5-7-13(9-12)20-3/h5-7,9,14H,4,8,10-11,16H2,1-3H3,(H,17,19). The van der Waals surface area contributed by atoms with Crippen LogP contribution in [0.4, 0.5) is 0 Å². The maximum Gasteiger partial charge on any atom is 0.234 e. The lowest BCUT2D eigenvalue weighted by atomic mass is 10.1. The van der Waals surface area contributed by atoms with Gasteiger partial charge in [0.25, 0.3) is 0 Å². The fourth-order valence-electron chi connectivity index (χ4n) is 2.08. The van der Waals surface area contributed by atoms with Gasteiger partial charge in [-0.1, -0.05) is 19.1 Å². The van der Waals surface area contributed by atoms with Gasteiger partial charge in [-0.3, -0.25) is 9.69 Å². The number of carbonyl (C=O) groups excluding carboxylic acids is 1. The lowest BCUT2D eigenvalue weighted by molar-refractivity contribution is -0.122. The molecule has 0 aliphatic heterocycles. The molecule has 1 atom stereocenters. The smallest absolute Gasteiger partial charge is 0.234 e. The summed E-state index contributed by atoms with van der Waals surface area (Å²) in [7, 11) is 3.54. The summed E-state index contributed by atoms with van der Waals surface area (Å²) in [5.41, 5.74) is 6.91. The number of nitrogens with two attached hydrogens (primary N) is 1. The van der Waals surface area contributed by atoms with Gasteiger partial charge in [0, 0.05) is 19.1 Å². The van der Waals surface area contributed by atoms with E-state index in [0.717, 1.165) is 17.7 Å². The van der Waals surface area contributed by atoms with Gasteiger partial charge in [-0.25, -0.2) is 0 Å². The van der Waals surface area contributed by atoms with Gasteiger partial charge in [-0.15, -0.1) is 0 Å².